The number of nitrogens with one attached hydrogen (secondary N) is 1. The molecule has 0 aromatic heterocycles. The maximum atomic E-state index is 4.89. The van der Waals surface area contributed by atoms with Gasteiger partial charge in [-0.25, -0.2) is 5.01 Å². The molecule has 0 amide bonds. The van der Waals surface area contributed by atoms with Crippen molar-refractivity contribution in [2.24, 2.45) is 17.2 Å². The highest BCUT2D eigenvalue weighted by atomic mass is 16.5. The van der Waals surface area contributed by atoms with Crippen molar-refractivity contribution in [2.45, 2.75) is 6.42 Å². The molecule has 0 aliphatic carbocycles. The summed E-state index contributed by atoms with van der Waals surface area (Å²) in [5, 5.41) is 2.07. The van der Waals surface area contributed by atoms with E-state index in [1.807, 2.05) is 0 Å². The first-order valence-electron chi connectivity index (χ1n) is 4.64. The SMILES string of the molecule is CN.CN.CN.COCN1CCCN1. The predicted molar refractivity (Wildman–Crippen MR) is 61.5 cm³/mol. The van der Waals surface area contributed by atoms with Crippen LogP contribution in [-0.4, -0.2) is 53.1 Å². The molecule has 1 fully saturated rings. The van der Waals surface area contributed by atoms with Gasteiger partial charge in [0.1, 0.15) is 6.73 Å². The summed E-state index contributed by atoms with van der Waals surface area (Å²) in [6, 6.07) is 0. The molecule has 1 aliphatic rings. The zero-order valence-electron chi connectivity index (χ0n) is 9.92. The lowest BCUT2D eigenvalue weighted by atomic mass is 10.5. The molecule has 14 heavy (non-hydrogen) atoms. The first kappa shape index (κ1) is 19.4. The Hall–Kier alpha value is -0.240. The molecule has 0 bridgehead atoms. The van der Waals surface area contributed by atoms with Crippen molar-refractivity contribution < 1.29 is 4.74 Å². The van der Waals surface area contributed by atoms with Crippen molar-refractivity contribution in [3.05, 3.63) is 0 Å². The zero-order valence-corrected chi connectivity index (χ0v) is 9.92. The van der Waals surface area contributed by atoms with E-state index in [1.165, 1.54) is 27.6 Å². The van der Waals surface area contributed by atoms with Gasteiger partial charge in [-0.3, -0.25) is 5.43 Å². The quantitative estimate of drug-likeness (QED) is 0.442. The maximum Gasteiger partial charge on any atom is 0.111 e. The van der Waals surface area contributed by atoms with Gasteiger partial charge in [-0.2, -0.15) is 0 Å². The molecule has 6 nitrogen and oxygen atoms in total. The van der Waals surface area contributed by atoms with Gasteiger partial charge in [0, 0.05) is 20.2 Å². The van der Waals surface area contributed by atoms with Crippen molar-refractivity contribution in [3.63, 3.8) is 0 Å². The Bertz CT molecular complexity index is 68.8. The number of hydrogen-bond donors (Lipinski definition) is 4. The molecule has 7 N–H and O–H groups in total. The van der Waals surface area contributed by atoms with Crippen LogP contribution in [0.5, 0.6) is 0 Å². The van der Waals surface area contributed by atoms with Crippen LogP contribution in [0.3, 0.4) is 0 Å². The summed E-state index contributed by atoms with van der Waals surface area (Å²) >= 11 is 0. The van der Waals surface area contributed by atoms with Crippen LogP contribution in [0.2, 0.25) is 0 Å². The van der Waals surface area contributed by atoms with Crippen molar-refractivity contribution in [1.82, 2.24) is 10.4 Å². The molecular formula is C8H27N5O. The minimum absolute atomic E-state index is 0.708. The number of methoxy groups -OCH3 is 1. The highest BCUT2D eigenvalue weighted by Crippen LogP contribution is 1.93. The number of ether oxygens (including phenoxy) is 1. The van der Waals surface area contributed by atoms with E-state index in [4.69, 9.17) is 4.74 Å². The van der Waals surface area contributed by atoms with E-state index in [9.17, 15) is 0 Å². The molecule has 0 radical (unpaired) electrons. The predicted octanol–water partition coefficient (Wildman–Crippen LogP) is -1.47. The lowest BCUT2D eigenvalue weighted by molar-refractivity contribution is 0.0506. The summed E-state index contributed by atoms with van der Waals surface area (Å²) in [5.41, 5.74) is 16.7. The molecule has 0 unspecified atom stereocenters. The molecule has 0 saturated carbocycles. The van der Waals surface area contributed by atoms with E-state index in [1.54, 1.807) is 7.11 Å². The van der Waals surface area contributed by atoms with Gasteiger partial charge < -0.3 is 21.9 Å². The number of nitrogens with two attached hydrogens (primary N) is 3. The fourth-order valence-corrected chi connectivity index (χ4v) is 0.852. The Labute approximate surface area is 87.7 Å². The Kier molecular flexibility index (Phi) is 31.8. The average molecular weight is 209 g/mol. The second-order valence-electron chi connectivity index (χ2n) is 1.94. The van der Waals surface area contributed by atoms with Crippen LogP contribution in [0.25, 0.3) is 0 Å². The number of hydrazine groups is 1. The third-order valence-corrected chi connectivity index (χ3v) is 1.23. The van der Waals surface area contributed by atoms with Crippen LogP contribution in [0, 0.1) is 0 Å². The highest BCUT2D eigenvalue weighted by Gasteiger charge is 2.07. The fourth-order valence-electron chi connectivity index (χ4n) is 0.852. The van der Waals surface area contributed by atoms with Gasteiger partial charge in [-0.05, 0) is 27.6 Å². The zero-order chi connectivity index (χ0) is 11.8. The van der Waals surface area contributed by atoms with Crippen molar-refractivity contribution in [1.29, 1.82) is 0 Å². The van der Waals surface area contributed by atoms with E-state index >= 15 is 0 Å². The van der Waals surface area contributed by atoms with Crippen molar-refractivity contribution in [2.75, 3.05) is 48.1 Å². The first-order valence-corrected chi connectivity index (χ1v) is 4.64. The highest BCUT2D eigenvalue weighted by molar-refractivity contribution is 4.56. The minimum atomic E-state index is 0.708. The molecule has 0 atom stereocenters. The van der Waals surface area contributed by atoms with Crippen LogP contribution >= 0.6 is 0 Å². The molecule has 0 aromatic rings. The van der Waals surface area contributed by atoms with E-state index in [2.05, 4.69) is 27.6 Å². The van der Waals surface area contributed by atoms with Crippen LogP contribution in [0.4, 0.5) is 0 Å². The summed E-state index contributed by atoms with van der Waals surface area (Å²) in [5.74, 6) is 0. The van der Waals surface area contributed by atoms with Gasteiger partial charge in [0.25, 0.3) is 0 Å². The van der Waals surface area contributed by atoms with Crippen LogP contribution in [0.15, 0.2) is 0 Å². The summed E-state index contributed by atoms with van der Waals surface area (Å²) in [4.78, 5) is 0. The normalized spacial score (nSPS) is 13.9. The average Bonchev–Trinajstić information content (AvgIpc) is 2.80. The lowest BCUT2D eigenvalue weighted by Crippen LogP contribution is -2.32. The van der Waals surface area contributed by atoms with Crippen LogP contribution in [-0.2, 0) is 4.74 Å². The van der Waals surface area contributed by atoms with Crippen molar-refractivity contribution in [3.8, 4) is 0 Å². The van der Waals surface area contributed by atoms with Gasteiger partial charge >= 0.3 is 0 Å². The molecule has 90 valence electrons. The lowest BCUT2D eigenvalue weighted by Gasteiger charge is -2.11. The molecule has 0 spiro atoms. The first-order chi connectivity index (χ1) is 6.93. The topological polar surface area (TPSA) is 103 Å². The van der Waals surface area contributed by atoms with E-state index in [0.717, 1.165) is 13.1 Å². The molecule has 1 aliphatic heterocycles. The molecule has 6 heteroatoms. The Morgan fingerprint density at radius 2 is 1.64 bits per heavy atom. The van der Waals surface area contributed by atoms with E-state index < -0.39 is 0 Å². The fraction of sp³-hybridized carbons (Fsp3) is 1.00. The summed E-state index contributed by atoms with van der Waals surface area (Å²) in [6.45, 7) is 2.93. The van der Waals surface area contributed by atoms with Gasteiger partial charge in [0.2, 0.25) is 0 Å². The van der Waals surface area contributed by atoms with Gasteiger partial charge in [-0.15, -0.1) is 0 Å². The molecule has 1 saturated heterocycles. The Morgan fingerprint density at radius 3 is 1.93 bits per heavy atom. The van der Waals surface area contributed by atoms with Crippen LogP contribution in [0.1, 0.15) is 6.42 Å². The standard InChI is InChI=1S/C5H12N2O.3CH5N/c1-8-5-7-4-2-3-6-7;3*1-2/h6H,2-5H2,1H3;3*2H2,1H3. The largest absolute Gasteiger partial charge is 0.368 e. The van der Waals surface area contributed by atoms with Gasteiger partial charge in [0.05, 0.1) is 0 Å². The maximum absolute atomic E-state index is 4.89. The van der Waals surface area contributed by atoms with Crippen LogP contribution < -0.4 is 22.6 Å². The number of nitrogens with zero attached hydrogens (tertiary/aromatic N) is 1. The minimum Gasteiger partial charge on any atom is -0.368 e. The van der Waals surface area contributed by atoms with Crippen molar-refractivity contribution >= 4 is 0 Å². The van der Waals surface area contributed by atoms with Gasteiger partial charge in [0.15, 0.2) is 0 Å². The van der Waals surface area contributed by atoms with E-state index in [0.29, 0.717) is 6.73 Å². The molecule has 0 aromatic carbocycles. The third kappa shape index (κ3) is 14.3. The smallest absolute Gasteiger partial charge is 0.111 e. The monoisotopic (exact) mass is 209 g/mol. The van der Waals surface area contributed by atoms with E-state index in [-0.39, 0.29) is 0 Å². The molecular weight excluding hydrogens is 182 g/mol. The number of hydrogen-bond acceptors (Lipinski definition) is 6. The molecule has 1 rings (SSSR count). The third-order valence-electron chi connectivity index (χ3n) is 1.23. The summed E-state index contributed by atoms with van der Waals surface area (Å²) in [7, 11) is 6.21. The summed E-state index contributed by atoms with van der Waals surface area (Å²) in [6.07, 6.45) is 1.24. The Morgan fingerprint density at radius 1 is 1.14 bits per heavy atom. The van der Waals surface area contributed by atoms with Gasteiger partial charge in [-0.1, -0.05) is 0 Å². The Balaban J connectivity index is -0.000000174. The number of rotatable bonds is 2. The summed E-state index contributed by atoms with van der Waals surface area (Å²) < 4.78 is 4.89. The second kappa shape index (κ2) is 23.0. The second-order valence-corrected chi connectivity index (χ2v) is 1.94. The molecule has 1 heterocycles.